The highest BCUT2D eigenvalue weighted by atomic mass is 32.3. The third kappa shape index (κ3) is 3.53. The van der Waals surface area contributed by atoms with Gasteiger partial charge in [-0.3, -0.25) is 8.74 Å². The van der Waals surface area contributed by atoms with Gasteiger partial charge in [-0.1, -0.05) is 60.7 Å². The van der Waals surface area contributed by atoms with Crippen LogP contribution in [0.1, 0.15) is 0 Å². The molecule has 5 aromatic rings. The average molecular weight is 391 g/mol. The molecule has 0 saturated carbocycles. The van der Waals surface area contributed by atoms with Gasteiger partial charge in [-0.2, -0.15) is 8.42 Å². The molecule has 0 saturated heterocycles. The van der Waals surface area contributed by atoms with Crippen molar-refractivity contribution in [2.45, 2.75) is 0 Å². The maximum atomic E-state index is 9.33. The first-order valence-corrected chi connectivity index (χ1v) is 9.96. The van der Waals surface area contributed by atoms with Crippen LogP contribution in [-0.4, -0.2) is 25.1 Å². The summed E-state index contributed by atoms with van der Waals surface area (Å²) in [6.45, 7) is 0. The molecule has 0 spiro atoms. The van der Waals surface area contributed by atoms with Crippen LogP contribution in [0, 0.1) is 0 Å². The zero-order valence-electron chi connectivity index (χ0n) is 15.0. The van der Waals surface area contributed by atoms with Gasteiger partial charge in [0.2, 0.25) is 0 Å². The van der Waals surface area contributed by atoms with Crippen LogP contribution in [-0.2, 0) is 14.6 Å². The van der Waals surface area contributed by atoms with E-state index in [2.05, 4.69) is 83.0 Å². The van der Waals surface area contributed by atoms with Gasteiger partial charge in [0.25, 0.3) is 0 Å². The molecule has 0 unspecified atom stereocenters. The monoisotopic (exact) mass is 391 g/mol. The van der Waals surface area contributed by atoms with Crippen LogP contribution in [0.25, 0.3) is 43.4 Å². The van der Waals surface area contributed by atoms with Crippen molar-refractivity contribution < 1.29 is 17.2 Å². The highest BCUT2D eigenvalue weighted by molar-refractivity contribution is 7.80. The molecule has 5 nitrogen and oxygen atoms in total. The number of fused-ring (bicyclic) bond motifs is 6. The molecule has 28 heavy (non-hydrogen) atoms. The van der Waals surface area contributed by atoms with Crippen molar-refractivity contribution in [1.29, 1.82) is 0 Å². The molecule has 1 N–H and O–H groups in total. The molecular weight excluding hydrogens is 374 g/mol. The van der Waals surface area contributed by atoms with Crippen molar-refractivity contribution in [3.8, 4) is 0 Å². The second-order valence-electron chi connectivity index (χ2n) is 6.29. The largest absolute Gasteiger partial charge is 0.397 e. The molecule has 0 amide bonds. The van der Waals surface area contributed by atoms with E-state index in [1.807, 2.05) is 0 Å². The van der Waals surface area contributed by atoms with Crippen molar-refractivity contribution in [2.24, 2.45) is 0 Å². The van der Waals surface area contributed by atoms with E-state index in [9.17, 15) is 8.42 Å². The van der Waals surface area contributed by atoms with Crippen LogP contribution < -0.4 is 0 Å². The highest BCUT2D eigenvalue weighted by Gasteiger charge is 2.06. The zero-order valence-corrected chi connectivity index (χ0v) is 15.8. The van der Waals surface area contributed by atoms with E-state index in [0.29, 0.717) is 0 Å². The molecule has 5 rings (SSSR count). The Morgan fingerprint density at radius 3 is 1.57 bits per heavy atom. The van der Waals surface area contributed by atoms with E-state index in [1.165, 1.54) is 32.3 Å². The third-order valence-corrected chi connectivity index (χ3v) is 5.06. The highest BCUT2D eigenvalue weighted by Crippen LogP contribution is 2.30. The summed E-state index contributed by atoms with van der Waals surface area (Å²) >= 11 is 0. The first-order chi connectivity index (χ1) is 13.5. The summed E-state index contributed by atoms with van der Waals surface area (Å²) in [6.07, 6.45) is 0. The maximum Gasteiger partial charge on any atom is 0.397 e. The zero-order chi connectivity index (χ0) is 19.7. The van der Waals surface area contributed by atoms with Gasteiger partial charge in [-0.05, 0) is 39.7 Å². The van der Waals surface area contributed by atoms with E-state index in [1.54, 1.807) is 0 Å². The summed E-state index contributed by atoms with van der Waals surface area (Å²) in [5, 5.41) is 7.50. The Kier molecular flexibility index (Phi) is 4.68. The van der Waals surface area contributed by atoms with Gasteiger partial charge in [-0.15, -0.1) is 0 Å². The van der Waals surface area contributed by atoms with E-state index in [4.69, 9.17) is 9.54 Å². The smallest absolute Gasteiger partial charge is 0.264 e. The summed E-state index contributed by atoms with van der Waals surface area (Å²) in [6, 6.07) is 27.8. The molecule has 1 heterocycles. The van der Waals surface area contributed by atoms with E-state index >= 15 is 0 Å². The maximum absolute atomic E-state index is 9.33. The fourth-order valence-electron chi connectivity index (χ4n) is 3.34. The van der Waals surface area contributed by atoms with Gasteiger partial charge in [0.1, 0.15) is 0 Å². The van der Waals surface area contributed by atoms with Crippen molar-refractivity contribution in [1.82, 2.24) is 4.98 Å². The lowest BCUT2D eigenvalue weighted by molar-refractivity contribution is 0.324. The summed E-state index contributed by atoms with van der Waals surface area (Å²) in [5.74, 6) is 0. The minimum Gasteiger partial charge on any atom is -0.264 e. The van der Waals surface area contributed by atoms with E-state index < -0.39 is 10.4 Å². The Hall–Kier alpha value is -3.06. The number of rotatable bonds is 1. The van der Waals surface area contributed by atoms with Gasteiger partial charge in [0, 0.05) is 10.8 Å². The minimum absolute atomic E-state index is 0.870. The lowest BCUT2D eigenvalue weighted by atomic mass is 10.0. The van der Waals surface area contributed by atoms with Crippen LogP contribution in [0.15, 0.2) is 78.9 Å². The molecule has 6 heteroatoms. The summed E-state index contributed by atoms with van der Waals surface area (Å²) < 4.78 is 29.7. The van der Waals surface area contributed by atoms with Crippen molar-refractivity contribution in [2.75, 3.05) is 7.11 Å². The number of benzene rings is 4. The fraction of sp³-hybridized carbons (Fsp3) is 0.0455. The van der Waals surface area contributed by atoms with Crippen LogP contribution in [0.3, 0.4) is 0 Å². The van der Waals surface area contributed by atoms with Gasteiger partial charge >= 0.3 is 10.4 Å². The predicted molar refractivity (Wildman–Crippen MR) is 113 cm³/mol. The van der Waals surface area contributed by atoms with E-state index in [-0.39, 0.29) is 0 Å². The minimum atomic E-state index is -4.16. The van der Waals surface area contributed by atoms with Crippen LogP contribution in [0.5, 0.6) is 0 Å². The quantitative estimate of drug-likeness (QED) is 0.243. The lowest BCUT2D eigenvalue weighted by Gasteiger charge is -2.08. The molecule has 0 atom stereocenters. The second-order valence-corrected chi connectivity index (χ2v) is 7.48. The molecule has 0 bridgehead atoms. The second kappa shape index (κ2) is 7.16. The molecule has 140 valence electrons. The Balaban J connectivity index is 0.000000283. The average Bonchev–Trinajstić information content (AvgIpc) is 2.72. The Labute approximate surface area is 162 Å². The standard InChI is InChI=1S/C21H13N.CH4O4S/c1-3-7-16-14(5-1)9-11-20-18(16)13-19-17-8-4-2-6-15(17)10-12-21(19)22-20;1-5-6(2,3)4/h1-13H;1H3,(H,2,3,4). The van der Waals surface area contributed by atoms with Gasteiger partial charge < -0.3 is 0 Å². The molecule has 0 aliphatic heterocycles. The number of nitrogens with zero attached hydrogens (tertiary/aromatic N) is 1. The molecule has 0 fully saturated rings. The van der Waals surface area contributed by atoms with Crippen LogP contribution in [0.4, 0.5) is 0 Å². The molecule has 4 aromatic carbocycles. The number of hydrogen-bond acceptors (Lipinski definition) is 4. The first kappa shape index (κ1) is 18.3. The Bertz CT molecular complexity index is 1340. The van der Waals surface area contributed by atoms with Crippen LogP contribution >= 0.6 is 0 Å². The van der Waals surface area contributed by atoms with Crippen molar-refractivity contribution in [3.05, 3.63) is 78.9 Å². The summed E-state index contributed by atoms with van der Waals surface area (Å²) in [4.78, 5) is 4.88. The molecular formula is C22H17NO4S. The first-order valence-electron chi connectivity index (χ1n) is 8.59. The molecule has 1 aromatic heterocycles. The SMILES string of the molecule is COS(=O)(=O)O.c1ccc2c(c1)ccc1nc3ccc4ccccc4c3cc12. The lowest BCUT2D eigenvalue weighted by Crippen LogP contribution is -1.96. The Morgan fingerprint density at radius 1 is 0.714 bits per heavy atom. The number of pyridine rings is 1. The fourth-order valence-corrected chi connectivity index (χ4v) is 3.34. The predicted octanol–water partition coefficient (Wildman–Crippen LogP) is 5.13. The third-order valence-electron chi connectivity index (χ3n) is 4.64. The summed E-state index contributed by atoms with van der Waals surface area (Å²) in [5.41, 5.74) is 2.11. The van der Waals surface area contributed by atoms with Gasteiger partial charge in [0.05, 0.1) is 18.1 Å². The topological polar surface area (TPSA) is 76.5 Å². The van der Waals surface area contributed by atoms with Crippen molar-refractivity contribution in [3.63, 3.8) is 0 Å². The molecule has 0 aliphatic carbocycles. The number of aromatic nitrogens is 1. The normalized spacial score (nSPS) is 11.6. The summed E-state index contributed by atoms with van der Waals surface area (Å²) in [7, 11) is -3.29. The van der Waals surface area contributed by atoms with E-state index in [0.717, 1.165) is 18.1 Å². The molecule has 0 radical (unpaired) electrons. The van der Waals surface area contributed by atoms with Gasteiger partial charge in [0.15, 0.2) is 0 Å². The van der Waals surface area contributed by atoms with Gasteiger partial charge in [-0.25, -0.2) is 4.98 Å². The molecule has 0 aliphatic rings. The Morgan fingerprint density at radius 2 is 1.14 bits per heavy atom. The van der Waals surface area contributed by atoms with Crippen LogP contribution in [0.2, 0.25) is 0 Å². The number of hydrogen-bond donors (Lipinski definition) is 1. The van der Waals surface area contributed by atoms with Crippen molar-refractivity contribution >= 4 is 53.7 Å².